The van der Waals surface area contributed by atoms with Gasteiger partial charge < -0.3 is 16.0 Å². The number of rotatable bonds is 3. The van der Waals surface area contributed by atoms with Gasteiger partial charge in [-0.2, -0.15) is 0 Å². The number of hydrogen-bond acceptors (Lipinski definition) is 4. The molecule has 0 unspecified atom stereocenters. The molecule has 0 atom stereocenters. The molecular weight excluding hydrogens is 278 g/mol. The van der Waals surface area contributed by atoms with Crippen LogP contribution in [0.4, 0.5) is 5.69 Å². The van der Waals surface area contributed by atoms with E-state index in [1.54, 1.807) is 12.1 Å². The molecule has 1 aromatic carbocycles. The van der Waals surface area contributed by atoms with E-state index in [2.05, 4.69) is 28.2 Å². The smallest absolute Gasteiger partial charge is 0.239 e. The Morgan fingerprint density at radius 3 is 2.45 bits per heavy atom. The fraction of sp³-hybridized carbons (Fsp3) is 0.231. The van der Waals surface area contributed by atoms with Crippen LogP contribution in [0.2, 0.25) is 0 Å². The Balaban J connectivity index is 2.01. The molecule has 6 nitrogen and oxygen atoms in total. The van der Waals surface area contributed by atoms with E-state index >= 15 is 0 Å². The number of thiocarbonyl (C=S) groups is 1. The average molecular weight is 291 g/mol. The summed E-state index contributed by atoms with van der Waals surface area (Å²) < 4.78 is 0. The second kappa shape index (κ2) is 5.79. The zero-order valence-corrected chi connectivity index (χ0v) is 11.5. The van der Waals surface area contributed by atoms with Gasteiger partial charge in [-0.15, -0.1) is 0 Å². The number of para-hydroxylation sites is 1. The molecule has 1 fully saturated rings. The molecule has 1 aliphatic heterocycles. The van der Waals surface area contributed by atoms with Crippen LogP contribution in [0, 0.1) is 12.8 Å². The van der Waals surface area contributed by atoms with Crippen molar-refractivity contribution in [1.29, 1.82) is 0 Å². The minimum absolute atomic E-state index is 0.0319. The highest BCUT2D eigenvalue weighted by Crippen LogP contribution is 2.15. The van der Waals surface area contributed by atoms with Gasteiger partial charge in [-0.1, -0.05) is 18.2 Å². The molecule has 1 saturated heterocycles. The second-order valence-corrected chi connectivity index (χ2v) is 4.84. The molecule has 0 aliphatic carbocycles. The van der Waals surface area contributed by atoms with Crippen molar-refractivity contribution in [3.05, 3.63) is 29.8 Å². The van der Waals surface area contributed by atoms with Crippen molar-refractivity contribution in [2.24, 2.45) is 5.92 Å². The summed E-state index contributed by atoms with van der Waals surface area (Å²) in [6.45, 7) is 1.86. The zero-order chi connectivity index (χ0) is 14.7. The monoisotopic (exact) mass is 291 g/mol. The largest absolute Gasteiger partial charge is 0.326 e. The molecule has 3 N–H and O–H groups in total. The predicted octanol–water partition coefficient (Wildman–Crippen LogP) is 0.471. The van der Waals surface area contributed by atoms with Gasteiger partial charge in [-0.25, -0.2) is 0 Å². The number of carbonyl (C=O) groups is 3. The van der Waals surface area contributed by atoms with Crippen LogP contribution in [0.5, 0.6) is 0 Å². The molecule has 1 aliphatic rings. The molecule has 0 aromatic heterocycles. The van der Waals surface area contributed by atoms with Crippen molar-refractivity contribution in [3.63, 3.8) is 0 Å². The van der Waals surface area contributed by atoms with Gasteiger partial charge in [0.15, 0.2) is 5.11 Å². The zero-order valence-electron chi connectivity index (χ0n) is 10.7. The molecule has 0 radical (unpaired) electrons. The summed E-state index contributed by atoms with van der Waals surface area (Å²) in [6.07, 6.45) is -0.228. The van der Waals surface area contributed by atoms with Crippen LogP contribution in [-0.2, 0) is 14.4 Å². The van der Waals surface area contributed by atoms with Crippen LogP contribution in [0.15, 0.2) is 24.3 Å². The van der Waals surface area contributed by atoms with Crippen LogP contribution in [-0.4, -0.2) is 22.8 Å². The molecule has 2 rings (SSSR count). The number of aryl methyl sites for hydroxylation is 1. The van der Waals surface area contributed by atoms with Gasteiger partial charge in [0.1, 0.15) is 5.92 Å². The van der Waals surface area contributed by atoms with Crippen LogP contribution in [0.1, 0.15) is 12.0 Å². The first-order chi connectivity index (χ1) is 9.47. The Kier molecular flexibility index (Phi) is 4.09. The Hall–Kier alpha value is -2.28. The predicted molar refractivity (Wildman–Crippen MR) is 76.8 cm³/mol. The third-order valence-corrected chi connectivity index (χ3v) is 3.12. The summed E-state index contributed by atoms with van der Waals surface area (Å²) in [6, 6.07) is 7.26. The van der Waals surface area contributed by atoms with Gasteiger partial charge in [0.25, 0.3) is 0 Å². The fourth-order valence-corrected chi connectivity index (χ4v) is 2.03. The van der Waals surface area contributed by atoms with E-state index in [0.29, 0.717) is 5.69 Å². The van der Waals surface area contributed by atoms with Crippen molar-refractivity contribution in [3.8, 4) is 0 Å². The summed E-state index contributed by atoms with van der Waals surface area (Å²) in [4.78, 5) is 35.2. The first-order valence-corrected chi connectivity index (χ1v) is 6.39. The number of nitrogens with one attached hydrogen (secondary N) is 3. The lowest BCUT2D eigenvalue weighted by molar-refractivity contribution is -0.137. The van der Waals surface area contributed by atoms with Crippen LogP contribution in [0.25, 0.3) is 0 Å². The van der Waals surface area contributed by atoms with Crippen molar-refractivity contribution in [1.82, 2.24) is 10.6 Å². The van der Waals surface area contributed by atoms with Gasteiger partial charge in [0.2, 0.25) is 17.7 Å². The summed E-state index contributed by atoms with van der Waals surface area (Å²) in [7, 11) is 0. The Bertz CT molecular complexity index is 580. The highest BCUT2D eigenvalue weighted by Gasteiger charge is 2.34. The highest BCUT2D eigenvalue weighted by molar-refractivity contribution is 7.80. The van der Waals surface area contributed by atoms with E-state index in [0.717, 1.165) is 5.56 Å². The summed E-state index contributed by atoms with van der Waals surface area (Å²) in [5.41, 5.74) is 1.56. The maximum Gasteiger partial charge on any atom is 0.239 e. The summed E-state index contributed by atoms with van der Waals surface area (Å²) >= 11 is 4.68. The Morgan fingerprint density at radius 1 is 1.25 bits per heavy atom. The standard InChI is InChI=1S/C13H13N3O3S/c1-7-4-2-3-5-9(7)14-10(17)6-8-11(18)15-13(20)16-12(8)19/h2-5,8H,6H2,1H3,(H,14,17)(H2,15,16,18,19,20). The molecule has 7 heteroatoms. The first kappa shape index (κ1) is 14.1. The van der Waals surface area contributed by atoms with Gasteiger partial charge in [-0.3, -0.25) is 14.4 Å². The number of anilines is 1. The Morgan fingerprint density at radius 2 is 1.85 bits per heavy atom. The molecule has 0 bridgehead atoms. The van der Waals surface area contributed by atoms with Crippen molar-refractivity contribution in [2.45, 2.75) is 13.3 Å². The third-order valence-electron chi connectivity index (χ3n) is 2.92. The van der Waals surface area contributed by atoms with Crippen molar-refractivity contribution in [2.75, 3.05) is 5.32 Å². The third kappa shape index (κ3) is 3.18. The molecule has 20 heavy (non-hydrogen) atoms. The molecular formula is C13H13N3O3S. The van der Waals surface area contributed by atoms with Crippen LogP contribution >= 0.6 is 12.2 Å². The molecule has 3 amide bonds. The topological polar surface area (TPSA) is 87.3 Å². The second-order valence-electron chi connectivity index (χ2n) is 4.43. The molecule has 1 heterocycles. The Labute approximate surface area is 120 Å². The van der Waals surface area contributed by atoms with E-state index < -0.39 is 23.6 Å². The lowest BCUT2D eigenvalue weighted by Crippen LogP contribution is -2.56. The van der Waals surface area contributed by atoms with E-state index in [9.17, 15) is 14.4 Å². The lowest BCUT2D eigenvalue weighted by Gasteiger charge is -2.22. The van der Waals surface area contributed by atoms with Gasteiger partial charge >= 0.3 is 0 Å². The van der Waals surface area contributed by atoms with Gasteiger partial charge in [0.05, 0.1) is 0 Å². The van der Waals surface area contributed by atoms with Gasteiger partial charge in [0, 0.05) is 12.1 Å². The normalized spacial score (nSPS) is 15.6. The molecule has 1 aromatic rings. The first-order valence-electron chi connectivity index (χ1n) is 5.98. The maximum atomic E-state index is 11.9. The summed E-state index contributed by atoms with van der Waals surface area (Å²) in [5, 5.41) is 7.29. The van der Waals surface area contributed by atoms with E-state index in [1.165, 1.54) is 0 Å². The van der Waals surface area contributed by atoms with Gasteiger partial charge in [-0.05, 0) is 30.8 Å². The molecule has 104 valence electrons. The molecule has 0 saturated carbocycles. The minimum Gasteiger partial charge on any atom is -0.326 e. The van der Waals surface area contributed by atoms with Crippen molar-refractivity contribution < 1.29 is 14.4 Å². The average Bonchev–Trinajstić information content (AvgIpc) is 2.36. The van der Waals surface area contributed by atoms with E-state index in [1.807, 2.05) is 19.1 Å². The number of benzene rings is 1. The SMILES string of the molecule is Cc1ccccc1NC(=O)CC1C(=O)NC(=S)NC1=O. The number of amides is 3. The van der Waals surface area contributed by atoms with E-state index in [-0.39, 0.29) is 11.5 Å². The minimum atomic E-state index is -1.06. The number of hydrogen-bond donors (Lipinski definition) is 3. The van der Waals surface area contributed by atoms with E-state index in [4.69, 9.17) is 0 Å². The maximum absolute atomic E-state index is 11.9. The molecule has 0 spiro atoms. The fourth-order valence-electron chi connectivity index (χ4n) is 1.83. The van der Waals surface area contributed by atoms with Crippen LogP contribution in [0.3, 0.4) is 0 Å². The lowest BCUT2D eigenvalue weighted by atomic mass is 10.0. The number of carbonyl (C=O) groups excluding carboxylic acids is 3. The summed E-state index contributed by atoms with van der Waals surface area (Å²) in [5.74, 6) is -2.58. The quantitative estimate of drug-likeness (QED) is 0.558. The van der Waals surface area contributed by atoms with Crippen LogP contribution < -0.4 is 16.0 Å². The van der Waals surface area contributed by atoms with Crippen molar-refractivity contribution >= 4 is 40.7 Å². The highest BCUT2D eigenvalue weighted by atomic mass is 32.1.